The standard InChI is InChI=1S/C19H15N5O/c1-2-11-23-18(22-17-6-4-3-5-16(17)19(23)25)14-7-9-15(10-8-14)24-13-20-12-21-24/h1,3-10,12-13,18,22H,11H2. The molecule has 1 amide bonds. The summed E-state index contributed by atoms with van der Waals surface area (Å²) in [5, 5.41) is 7.52. The van der Waals surface area contributed by atoms with Crippen molar-refractivity contribution in [2.45, 2.75) is 6.17 Å². The zero-order chi connectivity index (χ0) is 17.2. The van der Waals surface area contributed by atoms with E-state index in [9.17, 15) is 4.79 Å². The predicted octanol–water partition coefficient (Wildman–Crippen LogP) is 2.47. The third-order valence-electron chi connectivity index (χ3n) is 4.18. The molecule has 1 N–H and O–H groups in total. The number of carbonyl (C=O) groups is 1. The van der Waals surface area contributed by atoms with Gasteiger partial charge < -0.3 is 10.2 Å². The summed E-state index contributed by atoms with van der Waals surface area (Å²) in [6.45, 7) is 0.232. The highest BCUT2D eigenvalue weighted by Gasteiger charge is 2.32. The number of rotatable bonds is 3. The minimum atomic E-state index is -0.316. The van der Waals surface area contributed by atoms with Crippen LogP contribution in [0.2, 0.25) is 0 Å². The van der Waals surface area contributed by atoms with Crippen molar-refractivity contribution >= 4 is 11.6 Å². The second kappa shape index (κ2) is 6.13. The van der Waals surface area contributed by atoms with Gasteiger partial charge in [0, 0.05) is 5.69 Å². The molecule has 3 aromatic rings. The van der Waals surface area contributed by atoms with Crippen molar-refractivity contribution in [3.8, 4) is 18.0 Å². The summed E-state index contributed by atoms with van der Waals surface area (Å²) >= 11 is 0. The monoisotopic (exact) mass is 329 g/mol. The lowest BCUT2D eigenvalue weighted by Gasteiger charge is -2.37. The Balaban J connectivity index is 1.70. The van der Waals surface area contributed by atoms with E-state index in [0.717, 1.165) is 16.9 Å². The summed E-state index contributed by atoms with van der Waals surface area (Å²) < 4.78 is 1.68. The van der Waals surface area contributed by atoms with Gasteiger partial charge in [0.2, 0.25) is 0 Å². The molecule has 25 heavy (non-hydrogen) atoms. The van der Waals surface area contributed by atoms with E-state index in [1.807, 2.05) is 42.5 Å². The van der Waals surface area contributed by atoms with E-state index in [-0.39, 0.29) is 18.6 Å². The highest BCUT2D eigenvalue weighted by molar-refractivity contribution is 6.01. The van der Waals surface area contributed by atoms with Crippen LogP contribution in [0, 0.1) is 12.3 Å². The Bertz CT molecular complexity index is 941. The second-order valence-electron chi connectivity index (χ2n) is 5.66. The van der Waals surface area contributed by atoms with Gasteiger partial charge in [-0.1, -0.05) is 30.2 Å². The highest BCUT2D eigenvalue weighted by Crippen LogP contribution is 2.32. The Morgan fingerprint density at radius 2 is 1.96 bits per heavy atom. The lowest BCUT2D eigenvalue weighted by molar-refractivity contribution is 0.0711. The Hall–Kier alpha value is -3.59. The fourth-order valence-corrected chi connectivity index (χ4v) is 2.97. The molecule has 0 fully saturated rings. The summed E-state index contributed by atoms with van der Waals surface area (Å²) in [5.41, 5.74) is 3.29. The van der Waals surface area contributed by atoms with E-state index in [4.69, 9.17) is 6.42 Å². The molecule has 4 rings (SSSR count). The third-order valence-corrected chi connectivity index (χ3v) is 4.18. The first-order valence-corrected chi connectivity index (χ1v) is 7.83. The maximum atomic E-state index is 12.8. The van der Waals surface area contributed by atoms with Crippen LogP contribution in [-0.4, -0.2) is 32.1 Å². The average molecular weight is 329 g/mol. The number of hydrogen-bond acceptors (Lipinski definition) is 4. The molecular formula is C19H15N5O. The molecular weight excluding hydrogens is 314 g/mol. The van der Waals surface area contributed by atoms with Gasteiger partial charge in [-0.2, -0.15) is 5.10 Å². The van der Waals surface area contributed by atoms with Crippen LogP contribution >= 0.6 is 0 Å². The first-order valence-electron chi connectivity index (χ1n) is 7.83. The molecule has 0 saturated heterocycles. The lowest BCUT2D eigenvalue weighted by Crippen LogP contribution is -2.43. The first-order chi connectivity index (χ1) is 12.3. The van der Waals surface area contributed by atoms with E-state index in [1.54, 1.807) is 22.0 Å². The van der Waals surface area contributed by atoms with Crippen LogP contribution in [0.25, 0.3) is 5.69 Å². The second-order valence-corrected chi connectivity index (χ2v) is 5.66. The molecule has 6 nitrogen and oxygen atoms in total. The van der Waals surface area contributed by atoms with Gasteiger partial charge >= 0.3 is 0 Å². The van der Waals surface area contributed by atoms with Crippen molar-refractivity contribution in [2.24, 2.45) is 0 Å². The van der Waals surface area contributed by atoms with E-state index in [1.165, 1.54) is 6.33 Å². The molecule has 1 atom stereocenters. The number of hydrogen-bond donors (Lipinski definition) is 1. The van der Waals surface area contributed by atoms with Gasteiger partial charge in [0.05, 0.1) is 17.8 Å². The van der Waals surface area contributed by atoms with Crippen LogP contribution in [0.3, 0.4) is 0 Å². The molecule has 0 radical (unpaired) electrons. The molecule has 0 spiro atoms. The fraction of sp³-hybridized carbons (Fsp3) is 0.105. The van der Waals surface area contributed by atoms with Crippen LogP contribution in [-0.2, 0) is 0 Å². The van der Waals surface area contributed by atoms with E-state index >= 15 is 0 Å². The Labute approximate surface area is 145 Å². The third kappa shape index (κ3) is 2.62. The molecule has 1 aliphatic heterocycles. The van der Waals surface area contributed by atoms with Gasteiger partial charge in [0.25, 0.3) is 5.91 Å². The zero-order valence-corrected chi connectivity index (χ0v) is 13.3. The highest BCUT2D eigenvalue weighted by atomic mass is 16.2. The molecule has 1 aliphatic rings. The Morgan fingerprint density at radius 3 is 2.68 bits per heavy atom. The van der Waals surface area contributed by atoms with Crippen LogP contribution in [0.1, 0.15) is 22.1 Å². The molecule has 0 aliphatic carbocycles. The molecule has 0 bridgehead atoms. The number of benzene rings is 2. The molecule has 2 heterocycles. The molecule has 1 unspecified atom stereocenters. The summed E-state index contributed by atoms with van der Waals surface area (Å²) in [6, 6.07) is 15.2. The van der Waals surface area contributed by atoms with Crippen molar-refractivity contribution in [1.29, 1.82) is 0 Å². The van der Waals surface area contributed by atoms with Crippen molar-refractivity contribution in [3.63, 3.8) is 0 Å². The fourth-order valence-electron chi connectivity index (χ4n) is 2.97. The topological polar surface area (TPSA) is 63.1 Å². The van der Waals surface area contributed by atoms with Gasteiger partial charge in [-0.15, -0.1) is 6.42 Å². The number of amides is 1. The molecule has 6 heteroatoms. The quantitative estimate of drug-likeness (QED) is 0.750. The summed E-state index contributed by atoms with van der Waals surface area (Å²) in [6.07, 6.45) is 8.29. The maximum absolute atomic E-state index is 12.8. The molecule has 2 aromatic carbocycles. The van der Waals surface area contributed by atoms with Crippen molar-refractivity contribution in [1.82, 2.24) is 19.7 Å². The molecule has 0 saturated carbocycles. The number of carbonyl (C=O) groups excluding carboxylic acids is 1. The molecule has 1 aromatic heterocycles. The minimum absolute atomic E-state index is 0.0716. The van der Waals surface area contributed by atoms with Gasteiger partial charge in [-0.25, -0.2) is 9.67 Å². The van der Waals surface area contributed by atoms with E-state index in [0.29, 0.717) is 5.56 Å². The largest absolute Gasteiger partial charge is 0.361 e. The van der Waals surface area contributed by atoms with E-state index in [2.05, 4.69) is 21.3 Å². The Kier molecular flexibility index (Phi) is 3.67. The van der Waals surface area contributed by atoms with Gasteiger partial charge in [-0.05, 0) is 29.8 Å². The normalized spacial score (nSPS) is 16.0. The van der Waals surface area contributed by atoms with Crippen molar-refractivity contribution in [2.75, 3.05) is 11.9 Å². The SMILES string of the molecule is C#CCN1C(=O)c2ccccc2NC1c1ccc(-n2cncn2)cc1. The number of para-hydroxylation sites is 1. The van der Waals surface area contributed by atoms with Crippen LogP contribution < -0.4 is 5.32 Å². The molecule has 122 valence electrons. The van der Waals surface area contributed by atoms with Crippen LogP contribution in [0.4, 0.5) is 5.69 Å². The number of terminal acetylenes is 1. The maximum Gasteiger partial charge on any atom is 0.258 e. The summed E-state index contributed by atoms with van der Waals surface area (Å²) in [5.74, 6) is 2.50. The van der Waals surface area contributed by atoms with Gasteiger partial charge in [0.15, 0.2) is 0 Å². The first kappa shape index (κ1) is 15.0. The van der Waals surface area contributed by atoms with Gasteiger partial charge in [-0.3, -0.25) is 4.79 Å². The number of nitrogens with one attached hydrogen (secondary N) is 1. The predicted molar refractivity (Wildman–Crippen MR) is 94.0 cm³/mol. The van der Waals surface area contributed by atoms with E-state index < -0.39 is 0 Å². The Morgan fingerprint density at radius 1 is 1.16 bits per heavy atom. The minimum Gasteiger partial charge on any atom is -0.361 e. The number of aromatic nitrogens is 3. The zero-order valence-electron chi connectivity index (χ0n) is 13.3. The summed E-state index contributed by atoms with van der Waals surface area (Å²) in [7, 11) is 0. The lowest BCUT2D eigenvalue weighted by atomic mass is 10.0. The number of anilines is 1. The van der Waals surface area contributed by atoms with Crippen LogP contribution in [0.15, 0.2) is 61.2 Å². The smallest absolute Gasteiger partial charge is 0.258 e. The van der Waals surface area contributed by atoms with Crippen LogP contribution in [0.5, 0.6) is 0 Å². The van der Waals surface area contributed by atoms with Gasteiger partial charge in [0.1, 0.15) is 18.8 Å². The van der Waals surface area contributed by atoms with Crippen molar-refractivity contribution in [3.05, 3.63) is 72.3 Å². The number of nitrogens with zero attached hydrogens (tertiary/aromatic N) is 4. The number of fused-ring (bicyclic) bond motifs is 1. The van der Waals surface area contributed by atoms with Crippen molar-refractivity contribution < 1.29 is 4.79 Å². The average Bonchev–Trinajstić information content (AvgIpc) is 3.19. The summed E-state index contributed by atoms with van der Waals surface area (Å²) in [4.78, 5) is 18.4.